The number of sulfonamides is 1. The molecule has 6 heteroatoms. The zero-order valence-corrected chi connectivity index (χ0v) is 12.5. The van der Waals surface area contributed by atoms with Gasteiger partial charge in [-0.05, 0) is 40.9 Å². The average Bonchev–Trinajstić information content (AvgIpc) is 2.92. The van der Waals surface area contributed by atoms with E-state index in [1.165, 1.54) is 11.3 Å². The molecule has 0 saturated heterocycles. The van der Waals surface area contributed by atoms with Crippen molar-refractivity contribution >= 4 is 21.4 Å². The SMILES string of the molecule is CC(NS(=O)(=O)Cc1ccccc1C#N)c1ccsc1. The van der Waals surface area contributed by atoms with E-state index >= 15 is 0 Å². The molecule has 1 unspecified atom stereocenters. The molecule has 0 aliphatic heterocycles. The Bertz CT molecular complexity index is 716. The summed E-state index contributed by atoms with van der Waals surface area (Å²) < 4.78 is 26.9. The van der Waals surface area contributed by atoms with Gasteiger partial charge in [-0.1, -0.05) is 18.2 Å². The first-order valence-corrected chi connectivity index (χ1v) is 8.61. The third kappa shape index (κ3) is 3.67. The van der Waals surface area contributed by atoms with Crippen molar-refractivity contribution in [3.63, 3.8) is 0 Å². The van der Waals surface area contributed by atoms with E-state index in [2.05, 4.69) is 4.72 Å². The molecule has 0 fully saturated rings. The van der Waals surface area contributed by atoms with Crippen LogP contribution in [0.2, 0.25) is 0 Å². The van der Waals surface area contributed by atoms with E-state index in [9.17, 15) is 8.42 Å². The first kappa shape index (κ1) is 14.7. The highest BCUT2D eigenvalue weighted by Crippen LogP contribution is 2.18. The lowest BCUT2D eigenvalue weighted by Crippen LogP contribution is -2.28. The standard InChI is InChI=1S/C14H14N2O2S2/c1-11(13-6-7-19-9-13)16-20(17,18)10-14-5-3-2-4-12(14)8-15/h2-7,9,11,16H,10H2,1H3. The molecule has 0 aliphatic rings. The number of nitrogens with one attached hydrogen (secondary N) is 1. The molecular weight excluding hydrogens is 292 g/mol. The van der Waals surface area contributed by atoms with Crippen LogP contribution in [0.3, 0.4) is 0 Å². The molecule has 2 rings (SSSR count). The van der Waals surface area contributed by atoms with Crippen molar-refractivity contribution in [3.8, 4) is 6.07 Å². The van der Waals surface area contributed by atoms with Gasteiger partial charge in [-0.3, -0.25) is 0 Å². The van der Waals surface area contributed by atoms with Crippen molar-refractivity contribution in [2.45, 2.75) is 18.7 Å². The number of benzene rings is 1. The summed E-state index contributed by atoms with van der Waals surface area (Å²) in [6.45, 7) is 1.80. The molecule has 0 amide bonds. The van der Waals surface area contributed by atoms with Crippen LogP contribution >= 0.6 is 11.3 Å². The molecule has 2 aromatic rings. The van der Waals surface area contributed by atoms with Crippen LogP contribution in [0, 0.1) is 11.3 Å². The number of hydrogen-bond acceptors (Lipinski definition) is 4. The Morgan fingerprint density at radius 1 is 1.35 bits per heavy atom. The van der Waals surface area contributed by atoms with E-state index in [1.807, 2.05) is 22.9 Å². The molecule has 1 heterocycles. The summed E-state index contributed by atoms with van der Waals surface area (Å²) in [5.74, 6) is -0.189. The molecule has 0 radical (unpaired) electrons. The van der Waals surface area contributed by atoms with Gasteiger partial charge in [0.05, 0.1) is 17.4 Å². The van der Waals surface area contributed by atoms with Crippen LogP contribution in [0.25, 0.3) is 0 Å². The van der Waals surface area contributed by atoms with E-state index in [0.717, 1.165) is 5.56 Å². The largest absolute Gasteiger partial charge is 0.216 e. The van der Waals surface area contributed by atoms with Crippen LogP contribution in [0.1, 0.15) is 29.7 Å². The summed E-state index contributed by atoms with van der Waals surface area (Å²) in [6.07, 6.45) is 0. The van der Waals surface area contributed by atoms with Crippen molar-refractivity contribution in [1.82, 2.24) is 4.72 Å². The number of rotatable bonds is 5. The fraction of sp³-hybridized carbons (Fsp3) is 0.214. The molecule has 0 saturated carbocycles. The molecule has 1 N–H and O–H groups in total. The smallest absolute Gasteiger partial charge is 0.212 e. The Hall–Kier alpha value is -1.68. The maximum absolute atomic E-state index is 12.2. The molecule has 1 atom stereocenters. The van der Waals surface area contributed by atoms with E-state index < -0.39 is 10.0 Å². The third-order valence-electron chi connectivity index (χ3n) is 2.88. The fourth-order valence-corrected chi connectivity index (χ4v) is 4.03. The van der Waals surface area contributed by atoms with Crippen LogP contribution in [0.4, 0.5) is 0 Å². The zero-order valence-electron chi connectivity index (χ0n) is 10.9. The Morgan fingerprint density at radius 2 is 2.10 bits per heavy atom. The van der Waals surface area contributed by atoms with Gasteiger partial charge in [0.2, 0.25) is 10.0 Å². The number of nitrogens with zero attached hydrogens (tertiary/aromatic N) is 1. The number of hydrogen-bond donors (Lipinski definition) is 1. The van der Waals surface area contributed by atoms with E-state index in [4.69, 9.17) is 5.26 Å². The molecular formula is C14H14N2O2S2. The van der Waals surface area contributed by atoms with Crippen molar-refractivity contribution in [2.24, 2.45) is 0 Å². The molecule has 0 bridgehead atoms. The molecule has 0 spiro atoms. The molecule has 1 aromatic carbocycles. The third-order valence-corrected chi connectivity index (χ3v) is 4.99. The summed E-state index contributed by atoms with van der Waals surface area (Å²) in [7, 11) is -3.49. The van der Waals surface area contributed by atoms with Crippen molar-refractivity contribution < 1.29 is 8.42 Å². The Labute approximate surface area is 122 Å². The summed E-state index contributed by atoms with van der Waals surface area (Å²) in [5, 5.41) is 12.8. The number of nitriles is 1. The van der Waals surface area contributed by atoms with Crippen molar-refractivity contribution in [2.75, 3.05) is 0 Å². The lowest BCUT2D eigenvalue weighted by Gasteiger charge is -2.13. The van der Waals surface area contributed by atoms with Gasteiger partial charge in [0.15, 0.2) is 0 Å². The predicted molar refractivity (Wildman–Crippen MR) is 79.7 cm³/mol. The minimum atomic E-state index is -3.49. The highest BCUT2D eigenvalue weighted by molar-refractivity contribution is 7.88. The van der Waals surface area contributed by atoms with Gasteiger partial charge in [0, 0.05) is 6.04 Å². The van der Waals surface area contributed by atoms with Gasteiger partial charge in [0.25, 0.3) is 0 Å². The highest BCUT2D eigenvalue weighted by atomic mass is 32.2. The fourth-order valence-electron chi connectivity index (χ4n) is 1.86. The molecule has 4 nitrogen and oxygen atoms in total. The summed E-state index contributed by atoms with van der Waals surface area (Å²) in [5.41, 5.74) is 1.84. The average molecular weight is 306 g/mol. The molecule has 0 aliphatic carbocycles. The second kappa shape index (κ2) is 6.18. The van der Waals surface area contributed by atoms with Gasteiger partial charge in [-0.15, -0.1) is 0 Å². The van der Waals surface area contributed by atoms with Crippen LogP contribution in [-0.2, 0) is 15.8 Å². The maximum Gasteiger partial charge on any atom is 0.216 e. The number of thiophene rings is 1. The lowest BCUT2D eigenvalue weighted by atomic mass is 10.1. The quantitative estimate of drug-likeness (QED) is 0.923. The molecule has 1 aromatic heterocycles. The highest BCUT2D eigenvalue weighted by Gasteiger charge is 2.18. The van der Waals surface area contributed by atoms with Crippen LogP contribution in [0.15, 0.2) is 41.1 Å². The first-order valence-electron chi connectivity index (χ1n) is 6.02. The Kier molecular flexibility index (Phi) is 4.55. The summed E-state index contributed by atoms with van der Waals surface area (Å²) >= 11 is 1.53. The van der Waals surface area contributed by atoms with E-state index in [-0.39, 0.29) is 11.8 Å². The Balaban J connectivity index is 2.14. The van der Waals surface area contributed by atoms with Crippen LogP contribution < -0.4 is 4.72 Å². The topological polar surface area (TPSA) is 70.0 Å². The minimum Gasteiger partial charge on any atom is -0.212 e. The van der Waals surface area contributed by atoms with Crippen LogP contribution in [-0.4, -0.2) is 8.42 Å². The van der Waals surface area contributed by atoms with Gasteiger partial charge in [0.1, 0.15) is 0 Å². The zero-order chi connectivity index (χ0) is 14.6. The lowest BCUT2D eigenvalue weighted by molar-refractivity contribution is 0.566. The van der Waals surface area contributed by atoms with Crippen molar-refractivity contribution in [3.05, 3.63) is 57.8 Å². The Morgan fingerprint density at radius 3 is 2.75 bits per heavy atom. The van der Waals surface area contributed by atoms with Gasteiger partial charge in [-0.25, -0.2) is 13.1 Å². The monoisotopic (exact) mass is 306 g/mol. The predicted octanol–water partition coefficient (Wildman–Crippen LogP) is 2.80. The molecule has 20 heavy (non-hydrogen) atoms. The molecule has 104 valence electrons. The first-order chi connectivity index (χ1) is 9.52. The second-order valence-corrected chi connectivity index (χ2v) is 6.96. The van der Waals surface area contributed by atoms with E-state index in [0.29, 0.717) is 11.1 Å². The van der Waals surface area contributed by atoms with E-state index in [1.54, 1.807) is 31.2 Å². The maximum atomic E-state index is 12.2. The van der Waals surface area contributed by atoms with Crippen LogP contribution in [0.5, 0.6) is 0 Å². The van der Waals surface area contributed by atoms with Crippen molar-refractivity contribution in [1.29, 1.82) is 5.26 Å². The van der Waals surface area contributed by atoms with Gasteiger partial charge < -0.3 is 0 Å². The summed E-state index contributed by atoms with van der Waals surface area (Å²) in [6, 6.07) is 10.3. The second-order valence-electron chi connectivity index (χ2n) is 4.42. The minimum absolute atomic E-state index is 0.189. The van der Waals surface area contributed by atoms with Gasteiger partial charge in [-0.2, -0.15) is 16.6 Å². The normalized spacial score (nSPS) is 12.8. The summed E-state index contributed by atoms with van der Waals surface area (Å²) in [4.78, 5) is 0. The van der Waals surface area contributed by atoms with Gasteiger partial charge >= 0.3 is 0 Å².